The fraction of sp³-hybridized carbons (Fsp3) is 0.417. The molecule has 4 nitrogen and oxygen atoms in total. The lowest BCUT2D eigenvalue weighted by molar-refractivity contribution is 0.751. The molecule has 5 heteroatoms. The van der Waals surface area contributed by atoms with E-state index in [1.807, 2.05) is 12.1 Å². The quantitative estimate of drug-likeness (QED) is 0.904. The number of nitrogens with zero attached hydrogens (tertiary/aromatic N) is 3. The van der Waals surface area contributed by atoms with E-state index < -0.39 is 0 Å². The Morgan fingerprint density at radius 3 is 2.65 bits per heavy atom. The highest BCUT2D eigenvalue weighted by Gasteiger charge is 2.16. The van der Waals surface area contributed by atoms with Gasteiger partial charge in [0.15, 0.2) is 0 Å². The zero-order valence-corrected chi connectivity index (χ0v) is 10.3. The van der Waals surface area contributed by atoms with Crippen molar-refractivity contribution in [2.24, 2.45) is 0 Å². The van der Waals surface area contributed by atoms with Crippen LogP contribution in [0, 0.1) is 0 Å². The van der Waals surface area contributed by atoms with Gasteiger partial charge in [0.2, 0.25) is 5.13 Å². The first kappa shape index (κ1) is 10.7. The summed E-state index contributed by atoms with van der Waals surface area (Å²) >= 11 is 1.61. The second kappa shape index (κ2) is 4.79. The monoisotopic (exact) mass is 246 g/mol. The van der Waals surface area contributed by atoms with Crippen molar-refractivity contribution in [3.05, 3.63) is 24.5 Å². The third kappa shape index (κ3) is 2.44. The zero-order valence-electron chi connectivity index (χ0n) is 9.47. The summed E-state index contributed by atoms with van der Waals surface area (Å²) in [5.41, 5.74) is 1.08. The maximum absolute atomic E-state index is 4.21. The number of rotatable bonds is 3. The third-order valence-electron chi connectivity index (χ3n) is 3.04. The standard InChI is InChI=1S/C12H14N4S/c1-2-4-10(3-1)14-12-16-15-11(17-12)9-5-7-13-8-6-9/h5-8,10H,1-4H2,(H,14,16). The van der Waals surface area contributed by atoms with Crippen LogP contribution < -0.4 is 5.32 Å². The molecule has 0 aliphatic heterocycles. The first-order valence-electron chi connectivity index (χ1n) is 5.92. The van der Waals surface area contributed by atoms with Gasteiger partial charge in [-0.1, -0.05) is 24.2 Å². The summed E-state index contributed by atoms with van der Waals surface area (Å²) in [6.45, 7) is 0. The Bertz CT molecular complexity index is 476. The minimum Gasteiger partial charge on any atom is -0.357 e. The van der Waals surface area contributed by atoms with Crippen molar-refractivity contribution in [3.8, 4) is 10.6 Å². The predicted octanol–water partition coefficient (Wildman–Crippen LogP) is 2.95. The van der Waals surface area contributed by atoms with E-state index >= 15 is 0 Å². The van der Waals surface area contributed by atoms with Gasteiger partial charge in [0.05, 0.1) is 0 Å². The van der Waals surface area contributed by atoms with E-state index in [0.29, 0.717) is 6.04 Å². The van der Waals surface area contributed by atoms with Gasteiger partial charge in [0.25, 0.3) is 0 Å². The molecule has 1 fully saturated rings. The third-order valence-corrected chi connectivity index (χ3v) is 3.94. The second-order valence-electron chi connectivity index (χ2n) is 4.27. The van der Waals surface area contributed by atoms with E-state index in [4.69, 9.17) is 0 Å². The summed E-state index contributed by atoms with van der Waals surface area (Å²) in [4.78, 5) is 4.00. The van der Waals surface area contributed by atoms with Crippen molar-refractivity contribution in [2.45, 2.75) is 31.7 Å². The van der Waals surface area contributed by atoms with Crippen LogP contribution in [0.5, 0.6) is 0 Å². The minimum atomic E-state index is 0.591. The molecule has 0 unspecified atom stereocenters. The molecule has 0 saturated heterocycles. The molecule has 0 aromatic carbocycles. The van der Waals surface area contributed by atoms with E-state index in [-0.39, 0.29) is 0 Å². The highest BCUT2D eigenvalue weighted by atomic mass is 32.1. The van der Waals surface area contributed by atoms with E-state index in [0.717, 1.165) is 15.7 Å². The maximum atomic E-state index is 4.21. The molecule has 1 aliphatic carbocycles. The smallest absolute Gasteiger partial charge is 0.206 e. The molecule has 0 atom stereocenters. The van der Waals surface area contributed by atoms with Gasteiger partial charge in [-0.15, -0.1) is 10.2 Å². The molecule has 88 valence electrons. The number of aromatic nitrogens is 3. The van der Waals surface area contributed by atoms with Crippen molar-refractivity contribution < 1.29 is 0 Å². The number of anilines is 1. The molecule has 1 N–H and O–H groups in total. The van der Waals surface area contributed by atoms with Crippen LogP contribution in [0.1, 0.15) is 25.7 Å². The molecule has 0 radical (unpaired) electrons. The lowest BCUT2D eigenvalue weighted by Crippen LogP contribution is -2.13. The second-order valence-corrected chi connectivity index (χ2v) is 5.25. The zero-order chi connectivity index (χ0) is 11.5. The lowest BCUT2D eigenvalue weighted by Gasteiger charge is -2.08. The molecular formula is C12H14N4S. The highest BCUT2D eigenvalue weighted by Crippen LogP contribution is 2.28. The van der Waals surface area contributed by atoms with Crippen LogP contribution in [0.4, 0.5) is 5.13 Å². The Morgan fingerprint density at radius 2 is 1.88 bits per heavy atom. The molecule has 2 aromatic rings. The fourth-order valence-corrected chi connectivity index (χ4v) is 2.96. The van der Waals surface area contributed by atoms with Gasteiger partial charge >= 0.3 is 0 Å². The Kier molecular flexibility index (Phi) is 3.00. The van der Waals surface area contributed by atoms with Crippen LogP contribution in [0.25, 0.3) is 10.6 Å². The van der Waals surface area contributed by atoms with Crippen LogP contribution in [0.2, 0.25) is 0 Å². The summed E-state index contributed by atoms with van der Waals surface area (Å²) < 4.78 is 0. The van der Waals surface area contributed by atoms with Crippen LogP contribution >= 0.6 is 11.3 Å². The summed E-state index contributed by atoms with van der Waals surface area (Å²) in [6.07, 6.45) is 8.72. The molecule has 3 rings (SSSR count). The topological polar surface area (TPSA) is 50.7 Å². The molecule has 2 heterocycles. The largest absolute Gasteiger partial charge is 0.357 e. The lowest BCUT2D eigenvalue weighted by atomic mass is 10.3. The summed E-state index contributed by atoms with van der Waals surface area (Å²) in [7, 11) is 0. The Labute approximate surface area is 104 Å². The van der Waals surface area contributed by atoms with Crippen molar-refractivity contribution in [1.82, 2.24) is 15.2 Å². The van der Waals surface area contributed by atoms with Crippen LogP contribution in [-0.2, 0) is 0 Å². The summed E-state index contributed by atoms with van der Waals surface area (Å²) in [5, 5.41) is 13.7. The van der Waals surface area contributed by atoms with Crippen LogP contribution in [0.15, 0.2) is 24.5 Å². The number of hydrogen-bond acceptors (Lipinski definition) is 5. The first-order chi connectivity index (χ1) is 8.42. The van der Waals surface area contributed by atoms with Crippen molar-refractivity contribution in [1.29, 1.82) is 0 Å². The molecule has 17 heavy (non-hydrogen) atoms. The highest BCUT2D eigenvalue weighted by molar-refractivity contribution is 7.18. The minimum absolute atomic E-state index is 0.591. The van der Waals surface area contributed by atoms with Crippen molar-refractivity contribution in [3.63, 3.8) is 0 Å². The molecular weight excluding hydrogens is 232 g/mol. The first-order valence-corrected chi connectivity index (χ1v) is 6.74. The van der Waals surface area contributed by atoms with Gasteiger partial charge in [-0.05, 0) is 25.0 Å². The summed E-state index contributed by atoms with van der Waals surface area (Å²) in [6, 6.07) is 4.51. The number of hydrogen-bond donors (Lipinski definition) is 1. The number of pyridine rings is 1. The van der Waals surface area contributed by atoms with Crippen LogP contribution in [0.3, 0.4) is 0 Å². The summed E-state index contributed by atoms with van der Waals surface area (Å²) in [5.74, 6) is 0. The maximum Gasteiger partial charge on any atom is 0.206 e. The Hall–Kier alpha value is -1.49. The van der Waals surface area contributed by atoms with Gasteiger partial charge in [-0.2, -0.15) is 0 Å². The van der Waals surface area contributed by atoms with E-state index in [1.54, 1.807) is 23.7 Å². The van der Waals surface area contributed by atoms with Crippen molar-refractivity contribution >= 4 is 16.5 Å². The van der Waals surface area contributed by atoms with E-state index in [2.05, 4.69) is 20.5 Å². The molecule has 1 saturated carbocycles. The van der Waals surface area contributed by atoms with E-state index in [1.165, 1.54) is 25.7 Å². The molecule has 0 amide bonds. The Balaban J connectivity index is 1.74. The van der Waals surface area contributed by atoms with Gasteiger partial charge < -0.3 is 5.32 Å². The van der Waals surface area contributed by atoms with Gasteiger partial charge in [-0.25, -0.2) is 0 Å². The van der Waals surface area contributed by atoms with Gasteiger partial charge in [-0.3, -0.25) is 4.98 Å². The molecule has 1 aliphatic rings. The van der Waals surface area contributed by atoms with Crippen molar-refractivity contribution in [2.75, 3.05) is 5.32 Å². The molecule has 0 bridgehead atoms. The predicted molar refractivity (Wildman–Crippen MR) is 69.0 cm³/mol. The Morgan fingerprint density at radius 1 is 1.12 bits per heavy atom. The van der Waals surface area contributed by atoms with Gasteiger partial charge in [0.1, 0.15) is 5.01 Å². The van der Waals surface area contributed by atoms with Gasteiger partial charge in [0, 0.05) is 24.0 Å². The molecule has 2 aromatic heterocycles. The van der Waals surface area contributed by atoms with Crippen LogP contribution in [-0.4, -0.2) is 21.2 Å². The average molecular weight is 246 g/mol. The normalized spacial score (nSPS) is 16.2. The number of nitrogens with one attached hydrogen (secondary N) is 1. The average Bonchev–Trinajstić information content (AvgIpc) is 3.02. The molecule has 0 spiro atoms. The SMILES string of the molecule is c1cc(-c2nnc(NC3CCCC3)s2)ccn1. The fourth-order valence-electron chi connectivity index (χ4n) is 2.14. The van der Waals surface area contributed by atoms with E-state index in [9.17, 15) is 0 Å².